The summed E-state index contributed by atoms with van der Waals surface area (Å²) in [5.41, 5.74) is 1.46. The van der Waals surface area contributed by atoms with E-state index in [1.54, 1.807) is 0 Å². The van der Waals surface area contributed by atoms with Gasteiger partial charge in [-0.3, -0.25) is 0 Å². The maximum Gasteiger partial charge on any atom is 0.103 e. The molecule has 0 aromatic heterocycles. The number of nitrogens with zero attached hydrogens (tertiary/aromatic N) is 1. The molecule has 0 radical (unpaired) electrons. The molecule has 2 N–H and O–H groups in total. The fourth-order valence-electron chi connectivity index (χ4n) is 2.28. The van der Waals surface area contributed by atoms with Crippen LogP contribution in [-0.2, 0) is 0 Å². The van der Waals surface area contributed by atoms with Crippen LogP contribution >= 0.6 is 15.9 Å². The van der Waals surface area contributed by atoms with E-state index in [0.29, 0.717) is 11.5 Å². The summed E-state index contributed by atoms with van der Waals surface area (Å²) in [7, 11) is 0. The van der Waals surface area contributed by atoms with Crippen molar-refractivity contribution in [2.75, 3.05) is 11.9 Å². The van der Waals surface area contributed by atoms with Gasteiger partial charge in [0.25, 0.3) is 0 Å². The first-order valence-electron chi connectivity index (χ1n) is 5.83. The lowest BCUT2D eigenvalue weighted by Gasteiger charge is -2.16. The fraction of sp³-hybridized carbons (Fsp3) is 0.462. The summed E-state index contributed by atoms with van der Waals surface area (Å²) >= 11 is 3.36. The first-order chi connectivity index (χ1) is 8.22. The minimum Gasteiger partial charge on any atom is -0.393 e. The average molecular weight is 295 g/mol. The number of rotatable bonds is 3. The molecular weight excluding hydrogens is 280 g/mol. The van der Waals surface area contributed by atoms with Crippen LogP contribution in [0.4, 0.5) is 5.69 Å². The molecule has 2 atom stereocenters. The number of hydrogen-bond donors (Lipinski definition) is 2. The number of hydrogen-bond acceptors (Lipinski definition) is 3. The average Bonchev–Trinajstić information content (AvgIpc) is 2.72. The Morgan fingerprint density at radius 2 is 2.29 bits per heavy atom. The van der Waals surface area contributed by atoms with Crippen molar-refractivity contribution >= 4 is 21.6 Å². The molecule has 0 spiro atoms. The Labute approximate surface area is 110 Å². The lowest BCUT2D eigenvalue weighted by Crippen LogP contribution is -2.22. The van der Waals surface area contributed by atoms with Gasteiger partial charge in [0.2, 0.25) is 0 Å². The minimum absolute atomic E-state index is 0.194. The maximum atomic E-state index is 9.73. The molecule has 0 heterocycles. The predicted octanol–water partition coefficient (Wildman–Crippen LogP) is 2.89. The third-order valence-electron chi connectivity index (χ3n) is 3.30. The van der Waals surface area contributed by atoms with Crippen molar-refractivity contribution in [3.63, 3.8) is 0 Å². The third kappa shape index (κ3) is 2.80. The molecule has 0 aliphatic heterocycles. The highest BCUT2D eigenvalue weighted by Gasteiger charge is 2.24. The van der Waals surface area contributed by atoms with Gasteiger partial charge in [-0.25, -0.2) is 0 Å². The monoisotopic (exact) mass is 294 g/mol. The minimum atomic E-state index is -0.194. The summed E-state index contributed by atoms with van der Waals surface area (Å²) in [4.78, 5) is 0. The summed E-state index contributed by atoms with van der Waals surface area (Å²) in [6.45, 7) is 0.728. The molecule has 1 aromatic rings. The second-order valence-corrected chi connectivity index (χ2v) is 5.27. The molecule has 1 aliphatic rings. The van der Waals surface area contributed by atoms with E-state index in [1.165, 1.54) is 0 Å². The number of nitrogens with one attached hydrogen (secondary N) is 1. The molecule has 1 aromatic carbocycles. The zero-order valence-corrected chi connectivity index (χ0v) is 11.1. The molecule has 3 nitrogen and oxygen atoms in total. The van der Waals surface area contributed by atoms with Crippen LogP contribution in [0.5, 0.6) is 0 Å². The van der Waals surface area contributed by atoms with Crippen LogP contribution < -0.4 is 5.32 Å². The normalized spacial score (nSPS) is 23.4. The topological polar surface area (TPSA) is 56.0 Å². The molecular formula is C13H15BrN2O. The lowest BCUT2D eigenvalue weighted by atomic mass is 10.1. The SMILES string of the molecule is N#Cc1c(Br)cccc1NCC1CCCC1O. The lowest BCUT2D eigenvalue weighted by molar-refractivity contribution is 0.138. The van der Waals surface area contributed by atoms with Crippen LogP contribution in [0.15, 0.2) is 22.7 Å². The van der Waals surface area contributed by atoms with Crippen LogP contribution in [0.1, 0.15) is 24.8 Å². The van der Waals surface area contributed by atoms with Crippen molar-refractivity contribution in [2.24, 2.45) is 5.92 Å². The number of aliphatic hydroxyl groups excluding tert-OH is 1. The molecule has 2 rings (SSSR count). The van der Waals surface area contributed by atoms with Crippen LogP contribution in [0.2, 0.25) is 0 Å². The Bertz CT molecular complexity index is 442. The van der Waals surface area contributed by atoms with Gasteiger partial charge >= 0.3 is 0 Å². The zero-order valence-electron chi connectivity index (χ0n) is 9.49. The Morgan fingerprint density at radius 1 is 1.47 bits per heavy atom. The van der Waals surface area contributed by atoms with Crippen LogP contribution in [0, 0.1) is 17.2 Å². The van der Waals surface area contributed by atoms with E-state index in [0.717, 1.165) is 36.0 Å². The summed E-state index contributed by atoms with van der Waals surface area (Å²) < 4.78 is 0.803. The third-order valence-corrected chi connectivity index (χ3v) is 3.96. The first-order valence-corrected chi connectivity index (χ1v) is 6.62. The van der Waals surface area contributed by atoms with Gasteiger partial charge in [0, 0.05) is 16.9 Å². The molecule has 17 heavy (non-hydrogen) atoms. The molecule has 1 fully saturated rings. The Morgan fingerprint density at radius 3 is 2.94 bits per heavy atom. The van der Waals surface area contributed by atoms with E-state index < -0.39 is 0 Å². The second kappa shape index (κ2) is 5.52. The Kier molecular flexibility index (Phi) is 4.03. The molecule has 1 aliphatic carbocycles. The van der Waals surface area contributed by atoms with E-state index in [-0.39, 0.29) is 6.10 Å². The largest absolute Gasteiger partial charge is 0.393 e. The quantitative estimate of drug-likeness (QED) is 0.901. The van der Waals surface area contributed by atoms with Crippen LogP contribution in [-0.4, -0.2) is 17.8 Å². The van der Waals surface area contributed by atoms with Gasteiger partial charge < -0.3 is 10.4 Å². The van der Waals surface area contributed by atoms with E-state index in [1.807, 2.05) is 18.2 Å². The molecule has 4 heteroatoms. The molecule has 90 valence electrons. The second-order valence-electron chi connectivity index (χ2n) is 4.41. The summed E-state index contributed by atoms with van der Waals surface area (Å²) in [5.74, 6) is 0.306. The van der Waals surface area contributed by atoms with Crippen LogP contribution in [0.3, 0.4) is 0 Å². The molecule has 0 saturated heterocycles. The van der Waals surface area contributed by atoms with Gasteiger partial charge in [0.15, 0.2) is 0 Å². The standard InChI is InChI=1S/C13H15BrN2O/c14-11-4-2-5-12(10(11)7-15)16-8-9-3-1-6-13(9)17/h2,4-5,9,13,16-17H,1,3,6,8H2. The summed E-state index contributed by atoms with van der Waals surface area (Å²) in [6.07, 6.45) is 2.86. The van der Waals surface area contributed by atoms with Gasteiger partial charge in [-0.15, -0.1) is 0 Å². The van der Waals surface area contributed by atoms with Gasteiger partial charge in [-0.1, -0.05) is 12.5 Å². The van der Waals surface area contributed by atoms with Crippen molar-refractivity contribution in [3.05, 3.63) is 28.2 Å². The highest BCUT2D eigenvalue weighted by atomic mass is 79.9. The maximum absolute atomic E-state index is 9.73. The van der Waals surface area contributed by atoms with Crippen LogP contribution in [0.25, 0.3) is 0 Å². The number of nitriles is 1. The Balaban J connectivity index is 2.04. The highest BCUT2D eigenvalue weighted by Crippen LogP contribution is 2.28. The Hall–Kier alpha value is -1.05. The van der Waals surface area contributed by atoms with Crippen molar-refractivity contribution in [1.82, 2.24) is 0 Å². The van der Waals surface area contributed by atoms with Crippen molar-refractivity contribution in [2.45, 2.75) is 25.4 Å². The number of halogens is 1. The van der Waals surface area contributed by atoms with Gasteiger partial charge in [0.05, 0.1) is 17.4 Å². The first kappa shape index (κ1) is 12.4. The van der Waals surface area contributed by atoms with Crippen molar-refractivity contribution in [1.29, 1.82) is 5.26 Å². The number of aliphatic hydroxyl groups is 1. The molecule has 0 bridgehead atoms. The van der Waals surface area contributed by atoms with Gasteiger partial charge in [-0.05, 0) is 40.9 Å². The van der Waals surface area contributed by atoms with Gasteiger partial charge in [0.1, 0.15) is 6.07 Å². The molecule has 0 amide bonds. The summed E-state index contributed by atoms with van der Waals surface area (Å²) in [6, 6.07) is 7.83. The van der Waals surface area contributed by atoms with E-state index >= 15 is 0 Å². The van der Waals surface area contributed by atoms with E-state index in [9.17, 15) is 5.11 Å². The highest BCUT2D eigenvalue weighted by molar-refractivity contribution is 9.10. The fourth-order valence-corrected chi connectivity index (χ4v) is 2.74. The molecule has 2 unspecified atom stereocenters. The zero-order chi connectivity index (χ0) is 12.3. The van der Waals surface area contributed by atoms with E-state index in [2.05, 4.69) is 27.3 Å². The number of anilines is 1. The van der Waals surface area contributed by atoms with Crippen molar-refractivity contribution < 1.29 is 5.11 Å². The van der Waals surface area contributed by atoms with Gasteiger partial charge in [-0.2, -0.15) is 5.26 Å². The molecule has 1 saturated carbocycles. The van der Waals surface area contributed by atoms with E-state index in [4.69, 9.17) is 5.26 Å². The summed E-state index contributed by atoms with van der Waals surface area (Å²) in [5, 5.41) is 22.1. The predicted molar refractivity (Wildman–Crippen MR) is 70.7 cm³/mol. The van der Waals surface area contributed by atoms with Crippen molar-refractivity contribution in [3.8, 4) is 6.07 Å². The number of benzene rings is 1. The smallest absolute Gasteiger partial charge is 0.103 e.